The van der Waals surface area contributed by atoms with Gasteiger partial charge in [0.2, 0.25) is 0 Å². The van der Waals surface area contributed by atoms with Crippen LogP contribution in [-0.4, -0.2) is 30.5 Å². The van der Waals surface area contributed by atoms with Crippen molar-refractivity contribution in [3.05, 3.63) is 57.9 Å². The predicted molar refractivity (Wildman–Crippen MR) is 70.8 cm³/mol. The van der Waals surface area contributed by atoms with E-state index < -0.39 is 10.7 Å². The Kier molecular flexibility index (Phi) is 3.25. The zero-order valence-corrected chi connectivity index (χ0v) is 10.7. The van der Waals surface area contributed by atoms with Crippen molar-refractivity contribution < 1.29 is 19.1 Å². The molecule has 0 radical (unpaired) electrons. The van der Waals surface area contributed by atoms with Crippen LogP contribution in [-0.2, 0) is 14.2 Å². The fourth-order valence-electron chi connectivity index (χ4n) is 2.13. The van der Waals surface area contributed by atoms with Crippen molar-refractivity contribution in [2.75, 3.05) is 19.8 Å². The van der Waals surface area contributed by atoms with Gasteiger partial charge in [-0.05, 0) is 23.8 Å². The lowest BCUT2D eigenvalue weighted by Gasteiger charge is -2.31. The minimum atomic E-state index is -0.842. The maximum atomic E-state index is 10.7. The fourth-order valence-corrected chi connectivity index (χ4v) is 2.13. The highest BCUT2D eigenvalue weighted by molar-refractivity contribution is 5.58. The van der Waals surface area contributed by atoms with Crippen molar-refractivity contribution >= 4 is 11.8 Å². The number of nitrogens with zero attached hydrogens (tertiary/aromatic N) is 1. The van der Waals surface area contributed by atoms with E-state index in [2.05, 4.69) is 0 Å². The summed E-state index contributed by atoms with van der Waals surface area (Å²) in [5.74, 6) is -0.249. The number of benzene rings is 1. The Morgan fingerprint density at radius 1 is 1.35 bits per heavy atom. The second kappa shape index (κ2) is 5.07. The molecule has 1 unspecified atom stereocenters. The van der Waals surface area contributed by atoms with Gasteiger partial charge >= 0.3 is 0 Å². The minimum absolute atomic E-state index is 0.0493. The molecule has 104 valence electrons. The zero-order chi connectivity index (χ0) is 14.0. The number of ether oxygens (including phenoxy) is 3. The number of allylic oxidation sites excluding steroid dienone is 1. The second-order valence-corrected chi connectivity index (χ2v) is 4.55. The molecule has 1 saturated heterocycles. The van der Waals surface area contributed by atoms with E-state index in [1.54, 1.807) is 30.4 Å². The van der Waals surface area contributed by atoms with E-state index in [1.807, 2.05) is 0 Å². The summed E-state index contributed by atoms with van der Waals surface area (Å²) in [5.41, 5.74) is 0.751. The zero-order valence-electron chi connectivity index (χ0n) is 10.7. The average Bonchev–Trinajstić information content (AvgIpc) is 2.82. The molecule has 1 aromatic rings. The molecule has 1 atom stereocenters. The van der Waals surface area contributed by atoms with Gasteiger partial charge in [0.15, 0.2) is 0 Å². The van der Waals surface area contributed by atoms with Crippen LogP contribution in [0.15, 0.2) is 42.2 Å². The van der Waals surface area contributed by atoms with E-state index >= 15 is 0 Å². The highest BCUT2D eigenvalue weighted by Gasteiger charge is 2.37. The molecular weight excluding hydrogens is 262 g/mol. The molecule has 2 aliphatic rings. The predicted octanol–water partition coefficient (Wildman–Crippen LogP) is 2.27. The van der Waals surface area contributed by atoms with Crippen molar-refractivity contribution in [3.8, 4) is 0 Å². The Morgan fingerprint density at radius 2 is 2.25 bits per heavy atom. The van der Waals surface area contributed by atoms with Crippen LogP contribution in [0.3, 0.4) is 0 Å². The van der Waals surface area contributed by atoms with Crippen molar-refractivity contribution in [1.29, 1.82) is 0 Å². The smallest absolute Gasteiger partial charge is 0.270 e. The van der Waals surface area contributed by atoms with Crippen LogP contribution in [0.2, 0.25) is 0 Å². The maximum absolute atomic E-state index is 10.7. The van der Waals surface area contributed by atoms with Gasteiger partial charge in [0.1, 0.15) is 12.4 Å². The van der Waals surface area contributed by atoms with E-state index in [-0.39, 0.29) is 5.69 Å². The SMILES string of the molecule is O=[N+]([O-])c1cccc(/C=C2/C=CC3(COCCO3)O2)c1. The Balaban J connectivity index is 1.79. The minimum Gasteiger partial charge on any atom is -0.456 e. The molecule has 2 heterocycles. The molecule has 0 N–H and O–H groups in total. The third-order valence-corrected chi connectivity index (χ3v) is 3.06. The molecule has 0 saturated carbocycles. The van der Waals surface area contributed by atoms with Crippen LogP contribution in [0, 0.1) is 10.1 Å². The number of nitro benzene ring substituents is 1. The van der Waals surface area contributed by atoms with Gasteiger partial charge < -0.3 is 14.2 Å². The van der Waals surface area contributed by atoms with Gasteiger partial charge in [-0.1, -0.05) is 12.1 Å². The molecule has 1 aromatic carbocycles. The second-order valence-electron chi connectivity index (χ2n) is 4.55. The Morgan fingerprint density at radius 3 is 3.00 bits per heavy atom. The van der Waals surface area contributed by atoms with E-state index in [0.717, 1.165) is 0 Å². The molecule has 0 aliphatic carbocycles. The summed E-state index contributed by atoms with van der Waals surface area (Å²) in [4.78, 5) is 10.3. The molecule has 1 fully saturated rings. The third kappa shape index (κ3) is 2.56. The van der Waals surface area contributed by atoms with Gasteiger partial charge in [-0.3, -0.25) is 10.1 Å². The lowest BCUT2D eigenvalue weighted by Crippen LogP contribution is -2.41. The van der Waals surface area contributed by atoms with Crippen LogP contribution in [0.1, 0.15) is 5.56 Å². The molecule has 6 heteroatoms. The molecule has 3 rings (SSSR count). The molecule has 6 nitrogen and oxygen atoms in total. The first kappa shape index (κ1) is 12.8. The number of non-ortho nitro benzene ring substituents is 1. The van der Waals surface area contributed by atoms with Crippen LogP contribution in [0.25, 0.3) is 6.08 Å². The average molecular weight is 275 g/mol. The van der Waals surface area contributed by atoms with E-state index in [1.165, 1.54) is 12.1 Å². The van der Waals surface area contributed by atoms with Crippen molar-refractivity contribution in [2.24, 2.45) is 0 Å². The topological polar surface area (TPSA) is 70.8 Å². The van der Waals surface area contributed by atoms with Crippen molar-refractivity contribution in [3.63, 3.8) is 0 Å². The summed E-state index contributed by atoms with van der Waals surface area (Å²) < 4.78 is 16.6. The van der Waals surface area contributed by atoms with Crippen LogP contribution in [0.4, 0.5) is 5.69 Å². The molecule has 0 bridgehead atoms. The van der Waals surface area contributed by atoms with Crippen molar-refractivity contribution in [2.45, 2.75) is 5.79 Å². The number of rotatable bonds is 2. The van der Waals surface area contributed by atoms with Gasteiger partial charge in [0.05, 0.1) is 18.1 Å². The molecule has 0 aromatic heterocycles. The Labute approximate surface area is 115 Å². The normalized spacial score (nSPS) is 26.9. The monoisotopic (exact) mass is 275 g/mol. The summed E-state index contributed by atoms with van der Waals surface area (Å²) >= 11 is 0. The summed E-state index contributed by atoms with van der Waals surface area (Å²) in [5, 5.41) is 10.7. The molecule has 2 aliphatic heterocycles. The van der Waals surface area contributed by atoms with Gasteiger partial charge in [-0.15, -0.1) is 0 Å². The molecule has 0 amide bonds. The third-order valence-electron chi connectivity index (χ3n) is 3.06. The van der Waals surface area contributed by atoms with Gasteiger partial charge in [0, 0.05) is 12.1 Å². The molecule has 1 spiro atoms. The Bertz CT molecular complexity index is 587. The Hall–Kier alpha value is -2.18. The maximum Gasteiger partial charge on any atom is 0.270 e. The van der Waals surface area contributed by atoms with E-state index in [9.17, 15) is 10.1 Å². The molecule has 20 heavy (non-hydrogen) atoms. The summed E-state index contributed by atoms with van der Waals surface area (Å²) in [7, 11) is 0. The van der Waals surface area contributed by atoms with Crippen molar-refractivity contribution in [1.82, 2.24) is 0 Å². The number of hydrogen-bond donors (Lipinski definition) is 0. The van der Waals surface area contributed by atoms with Gasteiger partial charge in [0.25, 0.3) is 11.5 Å². The van der Waals surface area contributed by atoms with Crippen LogP contribution < -0.4 is 0 Å². The van der Waals surface area contributed by atoms with Crippen LogP contribution in [0.5, 0.6) is 0 Å². The highest BCUT2D eigenvalue weighted by atomic mass is 16.7. The molecular formula is C14H13NO5. The van der Waals surface area contributed by atoms with Gasteiger partial charge in [-0.25, -0.2) is 0 Å². The number of nitro groups is 1. The van der Waals surface area contributed by atoms with E-state index in [4.69, 9.17) is 14.2 Å². The first-order chi connectivity index (χ1) is 9.67. The van der Waals surface area contributed by atoms with E-state index in [0.29, 0.717) is 31.1 Å². The lowest BCUT2D eigenvalue weighted by molar-refractivity contribution is -0.384. The fraction of sp³-hybridized carbons (Fsp3) is 0.286. The first-order valence-electron chi connectivity index (χ1n) is 6.23. The highest BCUT2D eigenvalue weighted by Crippen LogP contribution is 2.31. The van der Waals surface area contributed by atoms with Crippen LogP contribution >= 0.6 is 0 Å². The largest absolute Gasteiger partial charge is 0.456 e. The number of hydrogen-bond acceptors (Lipinski definition) is 5. The summed E-state index contributed by atoms with van der Waals surface area (Å²) in [6.07, 6.45) is 5.32. The lowest BCUT2D eigenvalue weighted by atomic mass is 10.2. The summed E-state index contributed by atoms with van der Waals surface area (Å²) in [6.45, 7) is 1.38. The van der Waals surface area contributed by atoms with Gasteiger partial charge in [-0.2, -0.15) is 0 Å². The summed E-state index contributed by atoms with van der Waals surface area (Å²) in [6, 6.07) is 6.36. The quantitative estimate of drug-likeness (QED) is 0.611. The standard InChI is InChI=1S/C14H13NO5/c16-15(17)12-3-1-2-11(8-12)9-13-4-5-14(20-13)10-18-6-7-19-14/h1-5,8-9H,6-7,10H2/b13-9-. The first-order valence-corrected chi connectivity index (χ1v) is 6.23.